The zero-order chi connectivity index (χ0) is 15.6. The van der Waals surface area contributed by atoms with Crippen molar-refractivity contribution < 1.29 is 4.74 Å². The summed E-state index contributed by atoms with van der Waals surface area (Å²) in [5.41, 5.74) is 2.19. The van der Waals surface area contributed by atoms with Crippen molar-refractivity contribution in [1.82, 2.24) is 9.97 Å². The highest BCUT2D eigenvalue weighted by Gasteiger charge is 2.17. The van der Waals surface area contributed by atoms with Crippen LogP contribution in [0.15, 0.2) is 36.7 Å². The minimum atomic E-state index is 0.555. The molecule has 1 saturated carbocycles. The van der Waals surface area contributed by atoms with Gasteiger partial charge in [0.05, 0.1) is 17.3 Å². The number of aromatic nitrogens is 2. The maximum Gasteiger partial charge on any atom is 0.147 e. The van der Waals surface area contributed by atoms with E-state index in [1.165, 1.54) is 36.1 Å². The summed E-state index contributed by atoms with van der Waals surface area (Å²) in [5.74, 6) is 1.85. The third-order valence-corrected chi connectivity index (χ3v) is 5.56. The first-order valence-electron chi connectivity index (χ1n) is 7.99. The van der Waals surface area contributed by atoms with Crippen LogP contribution in [0.1, 0.15) is 25.7 Å². The summed E-state index contributed by atoms with van der Waals surface area (Å²) < 4.78 is 6.37. The predicted molar refractivity (Wildman–Crippen MR) is 95.3 cm³/mol. The summed E-state index contributed by atoms with van der Waals surface area (Å²) in [6.07, 6.45) is 6.76. The van der Waals surface area contributed by atoms with E-state index in [-0.39, 0.29) is 0 Å². The zero-order valence-electron chi connectivity index (χ0n) is 13.1. The lowest BCUT2D eigenvalue weighted by atomic mass is 10.2. The molecule has 4 nitrogen and oxygen atoms in total. The topological polar surface area (TPSA) is 47.0 Å². The molecule has 3 aromatic rings. The van der Waals surface area contributed by atoms with Gasteiger partial charge in [-0.1, -0.05) is 12.8 Å². The second-order valence-electron chi connectivity index (χ2n) is 5.90. The van der Waals surface area contributed by atoms with E-state index in [1.54, 1.807) is 24.8 Å². The van der Waals surface area contributed by atoms with Gasteiger partial charge in [-0.2, -0.15) is 0 Å². The maximum atomic E-state index is 5.23. The lowest BCUT2D eigenvalue weighted by Gasteiger charge is -2.12. The first-order valence-corrected chi connectivity index (χ1v) is 8.80. The quantitative estimate of drug-likeness (QED) is 0.754. The number of methoxy groups -OCH3 is 1. The van der Waals surface area contributed by atoms with Gasteiger partial charge in [0.15, 0.2) is 0 Å². The van der Waals surface area contributed by atoms with E-state index < -0.39 is 0 Å². The Morgan fingerprint density at radius 2 is 1.91 bits per heavy atom. The Hall–Kier alpha value is -2.14. The van der Waals surface area contributed by atoms with Crippen LogP contribution in [0, 0.1) is 0 Å². The Labute approximate surface area is 139 Å². The first-order chi connectivity index (χ1) is 11.3. The van der Waals surface area contributed by atoms with E-state index in [2.05, 4.69) is 33.5 Å². The molecule has 0 aliphatic heterocycles. The van der Waals surface area contributed by atoms with Gasteiger partial charge in [0.25, 0.3) is 0 Å². The Morgan fingerprint density at radius 3 is 2.65 bits per heavy atom. The van der Waals surface area contributed by atoms with Crippen LogP contribution in [-0.4, -0.2) is 23.1 Å². The smallest absolute Gasteiger partial charge is 0.147 e. The molecule has 0 saturated heterocycles. The molecule has 0 spiro atoms. The van der Waals surface area contributed by atoms with Crippen molar-refractivity contribution in [2.75, 3.05) is 12.4 Å². The molecule has 0 atom stereocenters. The van der Waals surface area contributed by atoms with Gasteiger partial charge in [0, 0.05) is 10.9 Å². The van der Waals surface area contributed by atoms with Gasteiger partial charge in [-0.3, -0.25) is 0 Å². The van der Waals surface area contributed by atoms with Crippen molar-refractivity contribution in [3.05, 3.63) is 36.7 Å². The first kappa shape index (κ1) is 14.5. The molecule has 2 aromatic heterocycles. The maximum absolute atomic E-state index is 5.23. The fourth-order valence-corrected chi connectivity index (χ4v) is 4.19. The minimum Gasteiger partial charge on any atom is -0.497 e. The zero-order valence-corrected chi connectivity index (χ0v) is 13.9. The summed E-state index contributed by atoms with van der Waals surface area (Å²) in [5, 5.41) is 3.61. The predicted octanol–water partition coefficient (Wildman–Crippen LogP) is 4.72. The summed E-state index contributed by atoms with van der Waals surface area (Å²) in [6.45, 7) is 0. The SMILES string of the molecule is COc1ccc(-c2cc3ncnc(NC4CCCC4)c3s2)cc1. The molecule has 1 aromatic carbocycles. The number of ether oxygens (including phenoxy) is 1. The molecular formula is C18H19N3OS. The Bertz CT molecular complexity index is 807. The van der Waals surface area contributed by atoms with Gasteiger partial charge >= 0.3 is 0 Å². The molecule has 5 heteroatoms. The van der Waals surface area contributed by atoms with E-state index in [4.69, 9.17) is 4.74 Å². The third-order valence-electron chi connectivity index (χ3n) is 4.38. The molecule has 1 fully saturated rings. The van der Waals surface area contributed by atoms with Crippen LogP contribution in [0.2, 0.25) is 0 Å². The van der Waals surface area contributed by atoms with Crippen molar-refractivity contribution in [3.63, 3.8) is 0 Å². The van der Waals surface area contributed by atoms with Crippen molar-refractivity contribution >= 4 is 27.4 Å². The number of hydrogen-bond acceptors (Lipinski definition) is 5. The normalized spacial score (nSPS) is 15.2. The standard InChI is InChI=1S/C18H19N3OS/c1-22-14-8-6-12(7-9-14)16-10-15-17(23-16)18(20-11-19-15)21-13-4-2-3-5-13/h6-11,13H,2-5H2,1H3,(H,19,20,21). The van der Waals surface area contributed by atoms with Crippen LogP contribution in [0.5, 0.6) is 5.75 Å². The fourth-order valence-electron chi connectivity index (χ4n) is 3.12. The van der Waals surface area contributed by atoms with Crippen LogP contribution in [0.25, 0.3) is 20.7 Å². The van der Waals surface area contributed by atoms with Crippen LogP contribution in [0.4, 0.5) is 5.82 Å². The van der Waals surface area contributed by atoms with Crippen molar-refractivity contribution in [1.29, 1.82) is 0 Å². The molecule has 23 heavy (non-hydrogen) atoms. The highest BCUT2D eigenvalue weighted by atomic mass is 32.1. The van der Waals surface area contributed by atoms with Gasteiger partial charge in [-0.15, -0.1) is 11.3 Å². The lowest BCUT2D eigenvalue weighted by Crippen LogP contribution is -2.15. The van der Waals surface area contributed by atoms with Gasteiger partial charge in [0.1, 0.15) is 17.9 Å². The molecule has 0 amide bonds. The number of nitrogens with one attached hydrogen (secondary N) is 1. The van der Waals surface area contributed by atoms with Crippen molar-refractivity contribution in [3.8, 4) is 16.2 Å². The molecule has 1 aliphatic rings. The van der Waals surface area contributed by atoms with Gasteiger partial charge in [-0.05, 0) is 48.7 Å². The monoisotopic (exact) mass is 325 g/mol. The van der Waals surface area contributed by atoms with E-state index in [9.17, 15) is 0 Å². The minimum absolute atomic E-state index is 0.555. The molecule has 0 radical (unpaired) electrons. The van der Waals surface area contributed by atoms with E-state index in [1.807, 2.05) is 12.1 Å². The number of thiophene rings is 1. The average molecular weight is 325 g/mol. The molecule has 1 aliphatic carbocycles. The molecule has 0 bridgehead atoms. The number of nitrogens with zero attached hydrogens (tertiary/aromatic N) is 2. The highest BCUT2D eigenvalue weighted by molar-refractivity contribution is 7.22. The Balaban J connectivity index is 1.68. The number of anilines is 1. The fraction of sp³-hybridized carbons (Fsp3) is 0.333. The second kappa shape index (κ2) is 6.16. The van der Waals surface area contributed by atoms with Crippen LogP contribution in [0.3, 0.4) is 0 Å². The van der Waals surface area contributed by atoms with E-state index in [0.29, 0.717) is 6.04 Å². The molecule has 2 heterocycles. The summed E-state index contributed by atoms with van der Waals surface area (Å²) in [4.78, 5) is 10.1. The third kappa shape index (κ3) is 2.88. The molecule has 118 valence electrons. The van der Waals surface area contributed by atoms with Gasteiger partial charge in [0.2, 0.25) is 0 Å². The largest absolute Gasteiger partial charge is 0.497 e. The van der Waals surface area contributed by atoms with Crippen molar-refractivity contribution in [2.24, 2.45) is 0 Å². The summed E-state index contributed by atoms with van der Waals surface area (Å²) >= 11 is 1.75. The highest BCUT2D eigenvalue weighted by Crippen LogP contribution is 2.37. The molecule has 1 N–H and O–H groups in total. The number of rotatable bonds is 4. The van der Waals surface area contributed by atoms with E-state index in [0.717, 1.165) is 21.8 Å². The number of benzene rings is 1. The molecule has 0 unspecified atom stereocenters. The lowest BCUT2D eigenvalue weighted by molar-refractivity contribution is 0.415. The molecule has 4 rings (SSSR count). The Morgan fingerprint density at radius 1 is 1.13 bits per heavy atom. The Kier molecular flexibility index (Phi) is 3.87. The van der Waals surface area contributed by atoms with Crippen LogP contribution >= 0.6 is 11.3 Å². The van der Waals surface area contributed by atoms with E-state index >= 15 is 0 Å². The number of fused-ring (bicyclic) bond motifs is 1. The summed E-state index contributed by atoms with van der Waals surface area (Å²) in [6, 6.07) is 10.8. The van der Waals surface area contributed by atoms with Crippen molar-refractivity contribution in [2.45, 2.75) is 31.7 Å². The van der Waals surface area contributed by atoms with Gasteiger partial charge in [-0.25, -0.2) is 9.97 Å². The number of hydrogen-bond donors (Lipinski definition) is 1. The van der Waals surface area contributed by atoms with Crippen LogP contribution < -0.4 is 10.1 Å². The summed E-state index contributed by atoms with van der Waals surface area (Å²) in [7, 11) is 1.69. The molecular weight excluding hydrogens is 306 g/mol. The second-order valence-corrected chi connectivity index (χ2v) is 6.95. The van der Waals surface area contributed by atoms with Crippen LogP contribution in [-0.2, 0) is 0 Å². The average Bonchev–Trinajstić information content (AvgIpc) is 3.25. The van der Waals surface area contributed by atoms with Gasteiger partial charge < -0.3 is 10.1 Å².